The van der Waals surface area contributed by atoms with E-state index in [1.54, 1.807) is 25.1 Å². The van der Waals surface area contributed by atoms with E-state index >= 15 is 0 Å². The highest BCUT2D eigenvalue weighted by Crippen LogP contribution is 2.29. The largest absolute Gasteiger partial charge is 0.386 e. The van der Waals surface area contributed by atoms with Crippen LogP contribution in [0.4, 0.5) is 0 Å². The summed E-state index contributed by atoms with van der Waals surface area (Å²) in [6.45, 7) is 1.70. The SMILES string of the molecule is Cc1nc2ccccc2c2c1C(=O)OC2=O. The van der Waals surface area contributed by atoms with Crippen molar-refractivity contribution in [2.24, 2.45) is 0 Å². The maximum atomic E-state index is 11.6. The first-order valence-electron chi connectivity index (χ1n) is 4.84. The predicted octanol–water partition coefficient (Wildman–Crippen LogP) is 1.85. The molecule has 0 unspecified atom stereocenters. The minimum absolute atomic E-state index is 0.295. The molecule has 0 atom stereocenters. The van der Waals surface area contributed by atoms with Gasteiger partial charge in [-0.15, -0.1) is 0 Å². The van der Waals surface area contributed by atoms with Gasteiger partial charge in [0.25, 0.3) is 0 Å². The average Bonchev–Trinajstić information content (AvgIpc) is 2.55. The minimum atomic E-state index is -0.601. The number of rotatable bonds is 0. The number of aryl methyl sites for hydroxylation is 1. The summed E-state index contributed by atoms with van der Waals surface area (Å²) in [5.74, 6) is -1.18. The zero-order chi connectivity index (χ0) is 11.3. The zero-order valence-corrected chi connectivity index (χ0v) is 8.48. The molecule has 0 saturated heterocycles. The Balaban J connectivity index is 2.54. The van der Waals surface area contributed by atoms with Gasteiger partial charge in [-0.2, -0.15) is 0 Å². The highest BCUT2D eigenvalue weighted by molar-refractivity contribution is 6.21. The van der Waals surface area contributed by atoms with Crippen LogP contribution < -0.4 is 0 Å². The molecule has 1 aromatic carbocycles. The third kappa shape index (κ3) is 1.01. The van der Waals surface area contributed by atoms with Crippen LogP contribution in [-0.4, -0.2) is 16.9 Å². The lowest BCUT2D eigenvalue weighted by Crippen LogP contribution is -2.00. The molecule has 0 radical (unpaired) electrons. The lowest BCUT2D eigenvalue weighted by Gasteiger charge is -2.02. The number of hydrogen-bond donors (Lipinski definition) is 0. The van der Waals surface area contributed by atoms with Crippen molar-refractivity contribution in [2.75, 3.05) is 0 Å². The maximum Gasteiger partial charge on any atom is 0.348 e. The van der Waals surface area contributed by atoms with Crippen LogP contribution in [0.3, 0.4) is 0 Å². The van der Waals surface area contributed by atoms with Crippen LogP contribution in [-0.2, 0) is 4.74 Å². The Labute approximate surface area is 90.9 Å². The summed E-state index contributed by atoms with van der Waals surface area (Å²) in [6.07, 6.45) is 0. The van der Waals surface area contributed by atoms with Crippen molar-refractivity contribution in [1.29, 1.82) is 0 Å². The van der Waals surface area contributed by atoms with Crippen LogP contribution in [0.1, 0.15) is 26.4 Å². The van der Waals surface area contributed by atoms with Crippen molar-refractivity contribution in [3.63, 3.8) is 0 Å². The van der Waals surface area contributed by atoms with Crippen LogP contribution in [0.5, 0.6) is 0 Å². The Hall–Kier alpha value is -2.23. The van der Waals surface area contributed by atoms with Crippen molar-refractivity contribution in [2.45, 2.75) is 6.92 Å². The summed E-state index contributed by atoms with van der Waals surface area (Å²) >= 11 is 0. The van der Waals surface area contributed by atoms with Gasteiger partial charge in [-0.1, -0.05) is 18.2 Å². The van der Waals surface area contributed by atoms with Crippen molar-refractivity contribution < 1.29 is 14.3 Å². The quantitative estimate of drug-likeness (QED) is 0.495. The van der Waals surface area contributed by atoms with Crippen molar-refractivity contribution in [3.8, 4) is 0 Å². The molecule has 4 nitrogen and oxygen atoms in total. The molecule has 3 rings (SSSR count). The molecule has 1 aliphatic rings. The highest BCUT2D eigenvalue weighted by Gasteiger charge is 2.34. The van der Waals surface area contributed by atoms with Gasteiger partial charge in [-0.05, 0) is 13.0 Å². The van der Waals surface area contributed by atoms with Gasteiger partial charge in [-0.3, -0.25) is 4.98 Å². The molecule has 0 N–H and O–H groups in total. The number of pyridine rings is 1. The Morgan fingerprint density at radius 3 is 2.56 bits per heavy atom. The highest BCUT2D eigenvalue weighted by atomic mass is 16.6. The molecule has 1 aromatic heterocycles. The average molecular weight is 213 g/mol. The monoisotopic (exact) mass is 213 g/mol. The Bertz CT molecular complexity index is 646. The first-order valence-corrected chi connectivity index (χ1v) is 4.84. The van der Waals surface area contributed by atoms with E-state index in [-0.39, 0.29) is 0 Å². The van der Waals surface area contributed by atoms with Gasteiger partial charge >= 0.3 is 11.9 Å². The van der Waals surface area contributed by atoms with Crippen molar-refractivity contribution in [3.05, 3.63) is 41.1 Å². The standard InChI is InChI=1S/C12H7NO3/c1-6-9-10(12(15)16-11(9)14)7-4-2-3-5-8(7)13-6/h2-5H,1H3. The zero-order valence-electron chi connectivity index (χ0n) is 8.48. The summed E-state index contributed by atoms with van der Waals surface area (Å²) < 4.78 is 4.60. The van der Waals surface area contributed by atoms with Gasteiger partial charge in [0.15, 0.2) is 0 Å². The number of benzene rings is 1. The van der Waals surface area contributed by atoms with E-state index in [4.69, 9.17) is 0 Å². The molecule has 0 aliphatic carbocycles. The molecule has 2 aromatic rings. The van der Waals surface area contributed by atoms with Crippen molar-refractivity contribution in [1.82, 2.24) is 4.98 Å². The molecular formula is C12H7NO3. The maximum absolute atomic E-state index is 11.6. The molecule has 0 fully saturated rings. The van der Waals surface area contributed by atoms with Crippen LogP contribution in [0, 0.1) is 6.92 Å². The summed E-state index contributed by atoms with van der Waals surface area (Å²) in [5.41, 5.74) is 1.87. The second-order valence-electron chi connectivity index (χ2n) is 3.64. The molecule has 16 heavy (non-hydrogen) atoms. The van der Waals surface area contributed by atoms with Gasteiger partial charge < -0.3 is 4.74 Å². The summed E-state index contributed by atoms with van der Waals surface area (Å²) in [5, 5.41) is 0.666. The number of para-hydroxylation sites is 1. The van der Waals surface area contributed by atoms with Gasteiger partial charge in [0.05, 0.1) is 22.3 Å². The Kier molecular flexibility index (Phi) is 1.63. The van der Waals surface area contributed by atoms with Gasteiger partial charge in [-0.25, -0.2) is 9.59 Å². The van der Waals surface area contributed by atoms with E-state index in [9.17, 15) is 9.59 Å². The molecular weight excluding hydrogens is 206 g/mol. The number of nitrogens with zero attached hydrogens (tertiary/aromatic N) is 1. The second kappa shape index (κ2) is 2.88. The molecule has 2 heterocycles. The summed E-state index contributed by atoms with van der Waals surface area (Å²) in [7, 11) is 0. The number of carbonyl (C=O) groups is 2. The van der Waals surface area contributed by atoms with E-state index in [1.807, 2.05) is 6.07 Å². The number of cyclic esters (lactones) is 2. The van der Waals surface area contributed by atoms with Crippen LogP contribution >= 0.6 is 0 Å². The molecule has 0 saturated carbocycles. The number of hydrogen-bond acceptors (Lipinski definition) is 4. The van der Waals surface area contributed by atoms with Gasteiger partial charge in [0.1, 0.15) is 0 Å². The summed E-state index contributed by atoms with van der Waals surface area (Å²) in [6, 6.07) is 7.21. The van der Waals surface area contributed by atoms with Gasteiger partial charge in [0.2, 0.25) is 0 Å². The first-order chi connectivity index (χ1) is 7.68. The normalized spacial score (nSPS) is 14.1. The number of ether oxygens (including phenoxy) is 1. The van der Waals surface area contributed by atoms with E-state index in [0.717, 1.165) is 0 Å². The molecule has 78 valence electrons. The summed E-state index contributed by atoms with van der Waals surface area (Å²) in [4.78, 5) is 27.3. The molecule has 0 bridgehead atoms. The lowest BCUT2D eigenvalue weighted by atomic mass is 10.0. The molecule has 0 amide bonds. The fraction of sp³-hybridized carbons (Fsp3) is 0.0833. The second-order valence-corrected chi connectivity index (χ2v) is 3.64. The van der Waals surface area contributed by atoms with E-state index in [1.165, 1.54) is 0 Å². The lowest BCUT2D eigenvalue weighted by molar-refractivity contribution is 0.0444. The third-order valence-corrected chi connectivity index (χ3v) is 2.67. The van der Waals surface area contributed by atoms with Gasteiger partial charge in [0, 0.05) is 5.39 Å². The minimum Gasteiger partial charge on any atom is -0.386 e. The van der Waals surface area contributed by atoms with Crippen LogP contribution in [0.2, 0.25) is 0 Å². The van der Waals surface area contributed by atoms with E-state index in [0.29, 0.717) is 27.7 Å². The third-order valence-electron chi connectivity index (χ3n) is 2.67. The smallest absolute Gasteiger partial charge is 0.348 e. The Morgan fingerprint density at radius 1 is 1.06 bits per heavy atom. The molecule has 4 heteroatoms. The van der Waals surface area contributed by atoms with E-state index < -0.39 is 11.9 Å². The molecule has 1 aliphatic heterocycles. The van der Waals surface area contributed by atoms with E-state index in [2.05, 4.69) is 9.72 Å². The fourth-order valence-electron chi connectivity index (χ4n) is 1.98. The molecule has 0 spiro atoms. The van der Waals surface area contributed by atoms with Crippen molar-refractivity contribution >= 4 is 22.8 Å². The predicted molar refractivity (Wildman–Crippen MR) is 56.2 cm³/mol. The Morgan fingerprint density at radius 2 is 1.75 bits per heavy atom. The number of aromatic nitrogens is 1. The topological polar surface area (TPSA) is 56.3 Å². The number of carbonyl (C=O) groups excluding carboxylic acids is 2. The fourth-order valence-corrected chi connectivity index (χ4v) is 1.98. The van der Waals surface area contributed by atoms with Crippen LogP contribution in [0.25, 0.3) is 10.9 Å². The first kappa shape index (κ1) is 9.03. The van der Waals surface area contributed by atoms with Crippen LogP contribution in [0.15, 0.2) is 24.3 Å². The number of fused-ring (bicyclic) bond motifs is 3. The number of esters is 2.